The molecule has 0 amide bonds. The Bertz CT molecular complexity index is 159. The van der Waals surface area contributed by atoms with E-state index in [1.54, 1.807) is 0 Å². The summed E-state index contributed by atoms with van der Waals surface area (Å²) in [4.78, 5) is 0. The first-order valence-corrected chi connectivity index (χ1v) is 5.79. The molecule has 0 aromatic rings. The number of nitrogens with two attached hydrogens (primary N) is 1. The third kappa shape index (κ3) is 3.56. The predicted molar refractivity (Wildman–Crippen MR) is 59.1 cm³/mol. The number of aliphatic hydroxyl groups excluding tert-OH is 1. The minimum Gasteiger partial charge on any atom is -0.396 e. The quantitative estimate of drug-likeness (QED) is 0.509. The van der Waals surface area contributed by atoms with Gasteiger partial charge in [0, 0.05) is 18.7 Å². The van der Waals surface area contributed by atoms with E-state index in [1.807, 2.05) is 0 Å². The average molecular weight is 200 g/mol. The van der Waals surface area contributed by atoms with Crippen molar-refractivity contribution in [3.8, 4) is 0 Å². The number of nitrogens with one attached hydrogen (secondary N) is 1. The number of unbranched alkanes of at least 4 members (excludes halogenated alkanes) is 2. The summed E-state index contributed by atoms with van der Waals surface area (Å²) in [6.45, 7) is 4.31. The van der Waals surface area contributed by atoms with Crippen LogP contribution in [0.3, 0.4) is 0 Å². The van der Waals surface area contributed by atoms with E-state index in [-0.39, 0.29) is 5.54 Å². The molecule has 0 saturated heterocycles. The van der Waals surface area contributed by atoms with Crippen molar-refractivity contribution in [2.45, 2.75) is 44.6 Å². The van der Waals surface area contributed by atoms with Crippen molar-refractivity contribution in [2.24, 2.45) is 11.7 Å². The van der Waals surface area contributed by atoms with Gasteiger partial charge in [0.05, 0.1) is 0 Å². The van der Waals surface area contributed by atoms with Gasteiger partial charge in [-0.25, -0.2) is 0 Å². The molecule has 0 heterocycles. The SMILES string of the molecule is CC(CN)(NCCCCCO)C1CC1. The monoisotopic (exact) mass is 200 g/mol. The van der Waals surface area contributed by atoms with E-state index in [1.165, 1.54) is 12.8 Å². The van der Waals surface area contributed by atoms with E-state index in [0.29, 0.717) is 6.61 Å². The van der Waals surface area contributed by atoms with Gasteiger partial charge in [-0.1, -0.05) is 0 Å². The Balaban J connectivity index is 2.08. The first-order valence-electron chi connectivity index (χ1n) is 5.79. The van der Waals surface area contributed by atoms with Crippen LogP contribution in [0.5, 0.6) is 0 Å². The second-order valence-electron chi connectivity index (χ2n) is 4.61. The largest absolute Gasteiger partial charge is 0.396 e. The van der Waals surface area contributed by atoms with Crippen LogP contribution in [-0.4, -0.2) is 30.3 Å². The second kappa shape index (κ2) is 5.69. The zero-order valence-corrected chi connectivity index (χ0v) is 9.26. The molecule has 0 aromatic heterocycles. The Morgan fingerprint density at radius 3 is 2.57 bits per heavy atom. The van der Waals surface area contributed by atoms with Gasteiger partial charge in [0.1, 0.15) is 0 Å². The minimum absolute atomic E-state index is 0.166. The number of hydrogen-bond acceptors (Lipinski definition) is 3. The van der Waals surface area contributed by atoms with Crippen LogP contribution in [0, 0.1) is 5.92 Å². The van der Waals surface area contributed by atoms with Gasteiger partial charge in [-0.3, -0.25) is 0 Å². The second-order valence-corrected chi connectivity index (χ2v) is 4.61. The van der Waals surface area contributed by atoms with Crippen molar-refractivity contribution in [1.82, 2.24) is 5.32 Å². The van der Waals surface area contributed by atoms with Crippen molar-refractivity contribution < 1.29 is 5.11 Å². The lowest BCUT2D eigenvalue weighted by Crippen LogP contribution is -2.50. The van der Waals surface area contributed by atoms with Gasteiger partial charge in [0.2, 0.25) is 0 Å². The van der Waals surface area contributed by atoms with Gasteiger partial charge in [0.25, 0.3) is 0 Å². The molecule has 14 heavy (non-hydrogen) atoms. The van der Waals surface area contributed by atoms with Gasteiger partial charge in [-0.15, -0.1) is 0 Å². The topological polar surface area (TPSA) is 58.3 Å². The van der Waals surface area contributed by atoms with Crippen molar-refractivity contribution in [2.75, 3.05) is 19.7 Å². The van der Waals surface area contributed by atoms with Crippen LogP contribution < -0.4 is 11.1 Å². The summed E-state index contributed by atoms with van der Waals surface area (Å²) in [5, 5.41) is 12.2. The fourth-order valence-corrected chi connectivity index (χ4v) is 1.89. The van der Waals surface area contributed by atoms with E-state index >= 15 is 0 Å². The number of rotatable bonds is 8. The highest BCUT2D eigenvalue weighted by Crippen LogP contribution is 2.38. The highest BCUT2D eigenvalue weighted by molar-refractivity contribution is 4.98. The van der Waals surface area contributed by atoms with Crippen LogP contribution in [0.1, 0.15) is 39.0 Å². The molecule has 1 aliphatic carbocycles. The zero-order chi connectivity index (χ0) is 10.4. The molecule has 0 aliphatic heterocycles. The molecule has 1 saturated carbocycles. The van der Waals surface area contributed by atoms with Gasteiger partial charge >= 0.3 is 0 Å². The van der Waals surface area contributed by atoms with Gasteiger partial charge < -0.3 is 16.2 Å². The lowest BCUT2D eigenvalue weighted by Gasteiger charge is -2.29. The van der Waals surface area contributed by atoms with E-state index in [2.05, 4.69) is 12.2 Å². The van der Waals surface area contributed by atoms with Crippen molar-refractivity contribution in [1.29, 1.82) is 0 Å². The molecule has 1 atom stereocenters. The zero-order valence-electron chi connectivity index (χ0n) is 9.26. The van der Waals surface area contributed by atoms with Crippen molar-refractivity contribution in [3.63, 3.8) is 0 Å². The third-order valence-electron chi connectivity index (χ3n) is 3.27. The molecular formula is C11H24N2O. The van der Waals surface area contributed by atoms with E-state index < -0.39 is 0 Å². The average Bonchev–Trinajstić information content (AvgIpc) is 3.01. The minimum atomic E-state index is 0.166. The standard InChI is InChI=1S/C11H24N2O/c1-11(9-12,10-5-6-10)13-7-3-2-4-8-14/h10,13-14H,2-9,12H2,1H3. The first kappa shape index (κ1) is 12.0. The lowest BCUT2D eigenvalue weighted by molar-refractivity contribution is 0.277. The Labute approximate surface area is 87.1 Å². The van der Waals surface area contributed by atoms with Crippen LogP contribution >= 0.6 is 0 Å². The molecule has 3 nitrogen and oxygen atoms in total. The number of aliphatic hydroxyl groups is 1. The molecule has 0 bridgehead atoms. The maximum absolute atomic E-state index is 8.63. The molecule has 1 aliphatic rings. The first-order chi connectivity index (χ1) is 6.73. The van der Waals surface area contributed by atoms with Crippen molar-refractivity contribution in [3.05, 3.63) is 0 Å². The van der Waals surface area contributed by atoms with Crippen LogP contribution in [0.25, 0.3) is 0 Å². The van der Waals surface area contributed by atoms with Gasteiger partial charge in [-0.05, 0) is 51.5 Å². The molecule has 0 radical (unpaired) electrons. The fraction of sp³-hybridized carbons (Fsp3) is 1.00. The highest BCUT2D eigenvalue weighted by Gasteiger charge is 2.39. The molecule has 0 aromatic carbocycles. The van der Waals surface area contributed by atoms with Crippen LogP contribution in [0.15, 0.2) is 0 Å². The summed E-state index contributed by atoms with van der Waals surface area (Å²) in [6.07, 6.45) is 5.83. The smallest absolute Gasteiger partial charge is 0.0431 e. The summed E-state index contributed by atoms with van der Waals surface area (Å²) in [5.74, 6) is 0.797. The molecule has 1 rings (SSSR count). The van der Waals surface area contributed by atoms with E-state index in [9.17, 15) is 0 Å². The maximum Gasteiger partial charge on any atom is 0.0431 e. The van der Waals surface area contributed by atoms with Crippen LogP contribution in [0.4, 0.5) is 0 Å². The van der Waals surface area contributed by atoms with E-state index in [0.717, 1.165) is 38.3 Å². The fourth-order valence-electron chi connectivity index (χ4n) is 1.89. The highest BCUT2D eigenvalue weighted by atomic mass is 16.2. The predicted octanol–water partition coefficient (Wildman–Crippen LogP) is 0.866. The molecule has 1 unspecified atom stereocenters. The van der Waals surface area contributed by atoms with Crippen LogP contribution in [-0.2, 0) is 0 Å². The normalized spacial score (nSPS) is 20.8. The Hall–Kier alpha value is -0.120. The Morgan fingerprint density at radius 2 is 2.07 bits per heavy atom. The molecule has 0 spiro atoms. The molecule has 4 N–H and O–H groups in total. The van der Waals surface area contributed by atoms with Crippen molar-refractivity contribution >= 4 is 0 Å². The Kier molecular flexibility index (Phi) is 4.85. The summed E-state index contributed by atoms with van der Waals surface area (Å²) in [7, 11) is 0. The maximum atomic E-state index is 8.63. The van der Waals surface area contributed by atoms with Gasteiger partial charge in [-0.2, -0.15) is 0 Å². The molecule has 84 valence electrons. The third-order valence-corrected chi connectivity index (χ3v) is 3.27. The summed E-state index contributed by atoms with van der Waals surface area (Å²) >= 11 is 0. The molecule has 3 heteroatoms. The van der Waals surface area contributed by atoms with E-state index in [4.69, 9.17) is 10.8 Å². The number of hydrogen-bond donors (Lipinski definition) is 3. The molecule has 1 fully saturated rings. The summed E-state index contributed by atoms with van der Waals surface area (Å²) < 4.78 is 0. The van der Waals surface area contributed by atoms with Crippen LogP contribution in [0.2, 0.25) is 0 Å². The lowest BCUT2D eigenvalue weighted by atomic mass is 9.96. The summed E-state index contributed by atoms with van der Waals surface area (Å²) in [5.41, 5.74) is 5.95. The Morgan fingerprint density at radius 1 is 1.36 bits per heavy atom. The molecular weight excluding hydrogens is 176 g/mol. The summed E-state index contributed by atoms with van der Waals surface area (Å²) in [6, 6.07) is 0. The van der Waals surface area contributed by atoms with Gasteiger partial charge in [0.15, 0.2) is 0 Å².